The summed E-state index contributed by atoms with van der Waals surface area (Å²) in [5.74, 6) is 7.21. The van der Waals surface area contributed by atoms with E-state index in [1.54, 1.807) is 18.3 Å². The van der Waals surface area contributed by atoms with Crippen molar-refractivity contribution in [1.29, 1.82) is 0 Å². The molecule has 0 amide bonds. The Morgan fingerprint density at radius 3 is 2.73 bits per heavy atom. The van der Waals surface area contributed by atoms with E-state index in [1.807, 2.05) is 37.3 Å². The maximum Gasteiger partial charge on any atom is 0.258 e. The average Bonchev–Trinajstić information content (AvgIpc) is 3.01. The number of aryl methyl sites for hydroxylation is 1. The predicted octanol–water partition coefficient (Wildman–Crippen LogP) is 2.27. The van der Waals surface area contributed by atoms with Crippen molar-refractivity contribution < 1.29 is 0 Å². The van der Waals surface area contributed by atoms with Crippen LogP contribution in [0, 0.1) is 6.92 Å². The Balaban J connectivity index is 1.57. The van der Waals surface area contributed by atoms with Gasteiger partial charge in [-0.05, 0) is 19.1 Å². The summed E-state index contributed by atoms with van der Waals surface area (Å²) in [6.07, 6.45) is 1.70. The van der Waals surface area contributed by atoms with Crippen LogP contribution >= 0.6 is 11.8 Å². The molecule has 0 unspecified atom stereocenters. The van der Waals surface area contributed by atoms with Crippen molar-refractivity contribution in [2.75, 3.05) is 5.84 Å². The van der Waals surface area contributed by atoms with E-state index in [-0.39, 0.29) is 5.56 Å². The van der Waals surface area contributed by atoms with Crippen LogP contribution in [0.1, 0.15) is 11.3 Å². The molecule has 0 saturated heterocycles. The second-order valence-corrected chi connectivity index (χ2v) is 6.79. The lowest BCUT2D eigenvalue weighted by Gasteiger charge is -2.05. The number of hydrogen-bond acceptors (Lipinski definition) is 6. The molecule has 3 heterocycles. The minimum Gasteiger partial charge on any atom is -0.335 e. The van der Waals surface area contributed by atoms with Crippen molar-refractivity contribution in [2.24, 2.45) is 0 Å². The Kier molecular flexibility index (Phi) is 4.18. The Morgan fingerprint density at radius 1 is 1.12 bits per heavy atom. The van der Waals surface area contributed by atoms with Crippen molar-refractivity contribution in [1.82, 2.24) is 24.3 Å². The van der Waals surface area contributed by atoms with Crippen LogP contribution in [-0.2, 0) is 5.75 Å². The van der Waals surface area contributed by atoms with Gasteiger partial charge in [0, 0.05) is 23.6 Å². The highest BCUT2D eigenvalue weighted by atomic mass is 32.2. The summed E-state index contributed by atoms with van der Waals surface area (Å²) < 4.78 is 2.97. The zero-order valence-electron chi connectivity index (χ0n) is 14.0. The third kappa shape index (κ3) is 3.06. The van der Waals surface area contributed by atoms with Crippen LogP contribution in [0.15, 0.2) is 64.7 Å². The monoisotopic (exact) mass is 364 g/mol. The van der Waals surface area contributed by atoms with Gasteiger partial charge < -0.3 is 5.84 Å². The summed E-state index contributed by atoms with van der Waals surface area (Å²) in [7, 11) is 0. The van der Waals surface area contributed by atoms with E-state index in [0.29, 0.717) is 28.1 Å². The van der Waals surface area contributed by atoms with Crippen molar-refractivity contribution in [3.63, 3.8) is 0 Å². The molecule has 130 valence electrons. The number of nitrogen functional groups attached to an aromatic ring is 1. The Hall–Kier alpha value is -3.13. The molecule has 1 aromatic carbocycles. The largest absolute Gasteiger partial charge is 0.335 e. The molecule has 0 bridgehead atoms. The molecular formula is C18H16N6OS. The minimum absolute atomic E-state index is 0.110. The first-order chi connectivity index (χ1) is 12.6. The summed E-state index contributed by atoms with van der Waals surface area (Å²) in [4.78, 5) is 16.6. The van der Waals surface area contributed by atoms with Crippen LogP contribution in [0.25, 0.3) is 17.0 Å². The van der Waals surface area contributed by atoms with Gasteiger partial charge in [-0.15, -0.1) is 10.2 Å². The SMILES string of the molecule is Cc1ccc(-c2nnc(SCc3cc(=O)n4ccccc4n3)n2N)cc1. The molecule has 0 radical (unpaired) electrons. The molecule has 0 aliphatic rings. The molecule has 0 fully saturated rings. The smallest absolute Gasteiger partial charge is 0.258 e. The van der Waals surface area contributed by atoms with E-state index in [4.69, 9.17) is 5.84 Å². The number of pyridine rings is 1. The maximum atomic E-state index is 12.2. The summed E-state index contributed by atoms with van der Waals surface area (Å²) in [5, 5.41) is 8.90. The third-order valence-corrected chi connectivity index (χ3v) is 4.92. The minimum atomic E-state index is -0.110. The number of thioether (sulfide) groups is 1. The van der Waals surface area contributed by atoms with Gasteiger partial charge in [-0.2, -0.15) is 0 Å². The Morgan fingerprint density at radius 2 is 1.92 bits per heavy atom. The van der Waals surface area contributed by atoms with E-state index in [1.165, 1.54) is 32.5 Å². The number of nitrogens with two attached hydrogens (primary N) is 1. The number of aromatic nitrogens is 5. The highest BCUT2D eigenvalue weighted by Gasteiger charge is 2.13. The number of fused-ring (bicyclic) bond motifs is 1. The number of nitrogens with zero attached hydrogens (tertiary/aromatic N) is 5. The highest BCUT2D eigenvalue weighted by molar-refractivity contribution is 7.98. The quantitative estimate of drug-likeness (QED) is 0.441. The van der Waals surface area contributed by atoms with Crippen LogP contribution < -0.4 is 11.4 Å². The van der Waals surface area contributed by atoms with Gasteiger partial charge in [0.05, 0.1) is 5.69 Å². The molecule has 4 aromatic rings. The first kappa shape index (κ1) is 16.3. The molecule has 0 saturated carbocycles. The zero-order chi connectivity index (χ0) is 18.1. The van der Waals surface area contributed by atoms with Gasteiger partial charge in [0.1, 0.15) is 5.65 Å². The van der Waals surface area contributed by atoms with Crippen LogP contribution in [0.4, 0.5) is 0 Å². The van der Waals surface area contributed by atoms with E-state index < -0.39 is 0 Å². The zero-order valence-corrected chi connectivity index (χ0v) is 14.8. The highest BCUT2D eigenvalue weighted by Crippen LogP contribution is 2.23. The molecule has 0 atom stereocenters. The lowest BCUT2D eigenvalue weighted by Crippen LogP contribution is -2.15. The molecular weight excluding hydrogens is 348 g/mol. The fourth-order valence-electron chi connectivity index (χ4n) is 2.59. The molecule has 7 nitrogen and oxygen atoms in total. The van der Waals surface area contributed by atoms with Crippen molar-refractivity contribution in [3.05, 3.63) is 76.3 Å². The number of benzene rings is 1. The first-order valence-electron chi connectivity index (χ1n) is 7.99. The van der Waals surface area contributed by atoms with E-state index in [9.17, 15) is 4.79 Å². The standard InChI is InChI=1S/C18H16N6OS/c1-12-5-7-13(8-6-12)17-21-22-18(24(17)19)26-11-14-10-16(25)23-9-3-2-4-15(23)20-14/h2-10H,11,19H2,1H3. The van der Waals surface area contributed by atoms with Gasteiger partial charge in [-0.3, -0.25) is 9.20 Å². The van der Waals surface area contributed by atoms with Gasteiger partial charge >= 0.3 is 0 Å². The van der Waals surface area contributed by atoms with Gasteiger partial charge in [0.25, 0.3) is 5.56 Å². The van der Waals surface area contributed by atoms with Crippen LogP contribution in [0.5, 0.6) is 0 Å². The number of rotatable bonds is 4. The Bertz CT molecular complexity index is 1130. The summed E-state index contributed by atoms with van der Waals surface area (Å²) in [6, 6.07) is 14.9. The lowest BCUT2D eigenvalue weighted by molar-refractivity contribution is 0.848. The van der Waals surface area contributed by atoms with E-state index in [0.717, 1.165) is 5.56 Å². The molecule has 0 aliphatic heterocycles. The summed E-state index contributed by atoms with van der Waals surface area (Å²) in [5.41, 5.74) is 3.25. The molecule has 0 aliphatic carbocycles. The van der Waals surface area contributed by atoms with E-state index >= 15 is 0 Å². The number of hydrogen-bond donors (Lipinski definition) is 1. The van der Waals surface area contributed by atoms with Crippen LogP contribution in [-0.4, -0.2) is 24.3 Å². The molecule has 8 heteroatoms. The topological polar surface area (TPSA) is 91.1 Å². The second kappa shape index (κ2) is 6.64. The molecule has 26 heavy (non-hydrogen) atoms. The van der Waals surface area contributed by atoms with Crippen molar-refractivity contribution in [3.8, 4) is 11.4 Å². The fraction of sp³-hybridized carbons (Fsp3) is 0.111. The first-order valence-corrected chi connectivity index (χ1v) is 8.98. The predicted molar refractivity (Wildman–Crippen MR) is 101 cm³/mol. The van der Waals surface area contributed by atoms with Gasteiger partial charge in [-0.25, -0.2) is 9.66 Å². The van der Waals surface area contributed by atoms with Gasteiger partial charge in [0.2, 0.25) is 5.16 Å². The van der Waals surface area contributed by atoms with Crippen molar-refractivity contribution in [2.45, 2.75) is 17.8 Å². The normalized spacial score (nSPS) is 11.1. The second-order valence-electron chi connectivity index (χ2n) is 5.85. The molecule has 4 rings (SSSR count). The average molecular weight is 364 g/mol. The summed E-state index contributed by atoms with van der Waals surface area (Å²) >= 11 is 1.39. The Labute approximate surface area is 153 Å². The molecule has 2 N–H and O–H groups in total. The third-order valence-electron chi connectivity index (χ3n) is 3.95. The van der Waals surface area contributed by atoms with Crippen molar-refractivity contribution >= 4 is 17.4 Å². The van der Waals surface area contributed by atoms with Gasteiger partial charge in [-0.1, -0.05) is 47.7 Å². The summed E-state index contributed by atoms with van der Waals surface area (Å²) in [6.45, 7) is 2.03. The molecule has 3 aromatic heterocycles. The maximum absolute atomic E-state index is 12.2. The van der Waals surface area contributed by atoms with Gasteiger partial charge in [0.15, 0.2) is 5.82 Å². The fourth-order valence-corrected chi connectivity index (χ4v) is 3.34. The molecule has 0 spiro atoms. The van der Waals surface area contributed by atoms with E-state index in [2.05, 4.69) is 15.2 Å². The van der Waals surface area contributed by atoms with Crippen LogP contribution in [0.2, 0.25) is 0 Å². The van der Waals surface area contributed by atoms with Crippen LogP contribution in [0.3, 0.4) is 0 Å². The lowest BCUT2D eigenvalue weighted by atomic mass is 10.1.